The van der Waals surface area contributed by atoms with E-state index in [2.05, 4.69) is 10.1 Å². The van der Waals surface area contributed by atoms with Gasteiger partial charge in [0.05, 0.1) is 22.9 Å². The molecule has 1 aliphatic heterocycles. The molecule has 0 bridgehead atoms. The number of nitrogens with zero attached hydrogens (tertiary/aromatic N) is 4. The molecule has 47 heavy (non-hydrogen) atoms. The first-order chi connectivity index (χ1) is 22.7. The number of carbonyl (C=O) groups excluding carboxylic acids is 1. The number of benzene rings is 3. The molecule has 0 unspecified atom stereocenters. The molecule has 1 amide bonds. The van der Waals surface area contributed by atoms with Gasteiger partial charge in [-0.3, -0.25) is 9.48 Å². The number of aromatic nitrogens is 3. The van der Waals surface area contributed by atoms with E-state index in [1.807, 2.05) is 60.7 Å². The molecule has 0 N–H and O–H groups in total. The number of carbonyl (C=O) groups is 1. The molecule has 0 atom stereocenters. The van der Waals surface area contributed by atoms with Gasteiger partial charge in [0.1, 0.15) is 30.5 Å². The average molecular weight is 643 g/mol. The van der Waals surface area contributed by atoms with Crippen LogP contribution >= 0.6 is 0 Å². The number of alkyl halides is 3. The number of rotatable bonds is 9. The maximum absolute atomic E-state index is 14.7. The third-order valence-electron chi connectivity index (χ3n) is 8.73. The minimum Gasteiger partial charge on any atom is -0.489 e. The lowest BCUT2D eigenvalue weighted by atomic mass is 9.60. The van der Waals surface area contributed by atoms with Gasteiger partial charge in [-0.1, -0.05) is 60.7 Å². The number of hydrogen-bond donors (Lipinski definition) is 0. The fourth-order valence-electron chi connectivity index (χ4n) is 6.39. The summed E-state index contributed by atoms with van der Waals surface area (Å²) in [5, 5.41) is 4.40. The summed E-state index contributed by atoms with van der Waals surface area (Å²) in [7, 11) is 0. The summed E-state index contributed by atoms with van der Waals surface area (Å²) in [6.07, 6.45) is -2.29. The van der Waals surface area contributed by atoms with E-state index >= 15 is 0 Å². The molecule has 1 spiro atoms. The minimum atomic E-state index is -4.63. The summed E-state index contributed by atoms with van der Waals surface area (Å²) in [6, 6.07) is 26.7. The number of ether oxygens (including phenoxy) is 2. The monoisotopic (exact) mass is 642 g/mol. The van der Waals surface area contributed by atoms with Crippen molar-refractivity contribution in [3.8, 4) is 22.9 Å². The van der Waals surface area contributed by atoms with Gasteiger partial charge in [0, 0.05) is 24.7 Å². The van der Waals surface area contributed by atoms with Crippen molar-refractivity contribution in [1.82, 2.24) is 19.7 Å². The zero-order chi connectivity index (χ0) is 32.6. The summed E-state index contributed by atoms with van der Waals surface area (Å²) in [4.78, 5) is 19.0. The zero-order valence-corrected chi connectivity index (χ0v) is 25.2. The Kier molecular flexibility index (Phi) is 7.91. The molecule has 5 aromatic rings. The molecule has 7 rings (SSSR count). The number of amides is 1. The highest BCUT2D eigenvalue weighted by molar-refractivity contribution is 5.95. The number of likely N-dealkylation sites (tertiary alicyclic amines) is 1. The Balaban J connectivity index is 1.02. The Labute approximate surface area is 268 Å². The van der Waals surface area contributed by atoms with Gasteiger partial charge in [-0.2, -0.15) is 18.3 Å². The summed E-state index contributed by atoms with van der Waals surface area (Å²) in [5.74, 6) is -0.571. The molecule has 3 aromatic carbocycles. The van der Waals surface area contributed by atoms with E-state index in [-0.39, 0.29) is 35.8 Å². The first-order valence-corrected chi connectivity index (χ1v) is 15.2. The first-order valence-electron chi connectivity index (χ1n) is 15.2. The van der Waals surface area contributed by atoms with Crippen molar-refractivity contribution >= 4 is 5.91 Å². The van der Waals surface area contributed by atoms with E-state index in [9.17, 15) is 22.4 Å². The lowest BCUT2D eigenvalue weighted by molar-refractivity contribution is -0.149. The topological polar surface area (TPSA) is 69.5 Å². The fourth-order valence-corrected chi connectivity index (χ4v) is 6.39. The molecule has 0 radical (unpaired) electrons. The fraction of sp³-hybridized carbons (Fsp3) is 0.250. The maximum atomic E-state index is 14.7. The van der Waals surface area contributed by atoms with Crippen molar-refractivity contribution in [2.75, 3.05) is 13.1 Å². The first kappa shape index (κ1) is 30.5. The van der Waals surface area contributed by atoms with Crippen LogP contribution in [0.5, 0.6) is 11.6 Å². The second-order valence-corrected chi connectivity index (χ2v) is 12.1. The quantitative estimate of drug-likeness (QED) is 0.154. The van der Waals surface area contributed by atoms with Gasteiger partial charge in [-0.15, -0.1) is 0 Å². The van der Waals surface area contributed by atoms with Gasteiger partial charge in [-0.25, -0.2) is 9.37 Å². The molecule has 7 nitrogen and oxygen atoms in total. The highest BCUT2D eigenvalue weighted by Gasteiger charge is 2.56. The van der Waals surface area contributed by atoms with Crippen LogP contribution in [0.1, 0.15) is 46.1 Å². The van der Waals surface area contributed by atoms with Crippen LogP contribution in [0.3, 0.4) is 0 Å². The van der Waals surface area contributed by atoms with E-state index < -0.39 is 29.6 Å². The molecule has 240 valence electrons. The van der Waals surface area contributed by atoms with Gasteiger partial charge in [0.15, 0.2) is 0 Å². The Hall–Kier alpha value is -5.19. The van der Waals surface area contributed by atoms with E-state index in [1.165, 1.54) is 29.3 Å². The van der Waals surface area contributed by atoms with Gasteiger partial charge in [-0.05, 0) is 60.4 Å². The number of hydrogen-bond acceptors (Lipinski definition) is 5. The third kappa shape index (κ3) is 6.30. The Morgan fingerprint density at radius 3 is 2.17 bits per heavy atom. The number of pyridine rings is 1. The van der Waals surface area contributed by atoms with Crippen LogP contribution in [0.4, 0.5) is 17.6 Å². The third-order valence-corrected chi connectivity index (χ3v) is 8.73. The van der Waals surface area contributed by atoms with Gasteiger partial charge >= 0.3 is 6.18 Å². The molecule has 11 heteroatoms. The average Bonchev–Trinajstić information content (AvgIpc) is 3.49. The predicted octanol–water partition coefficient (Wildman–Crippen LogP) is 7.74. The molecule has 1 saturated heterocycles. The number of halogens is 4. The Morgan fingerprint density at radius 1 is 0.851 bits per heavy atom. The van der Waals surface area contributed by atoms with Crippen LogP contribution in [0.2, 0.25) is 0 Å². The van der Waals surface area contributed by atoms with Crippen LogP contribution in [0.25, 0.3) is 11.3 Å². The van der Waals surface area contributed by atoms with Crippen LogP contribution in [-0.4, -0.2) is 38.7 Å². The minimum absolute atomic E-state index is 0.0980. The predicted molar refractivity (Wildman–Crippen MR) is 165 cm³/mol. The highest BCUT2D eigenvalue weighted by atomic mass is 19.4. The van der Waals surface area contributed by atoms with Crippen LogP contribution in [0, 0.1) is 11.2 Å². The van der Waals surface area contributed by atoms with E-state index in [1.54, 1.807) is 12.1 Å². The standard InChI is InChI=1S/C36H30F4N4O3/c37-30-14-13-27(46-20-24-8-3-1-4-9-24)16-29(30)34(45)43-22-35(23-43)18-26(19-35)44-32(36(38,39)40)17-31(42-44)28-12-7-15-41-33(28)47-21-25-10-5-2-6-11-25/h1-17,26H,18-23H2. The summed E-state index contributed by atoms with van der Waals surface area (Å²) in [5.41, 5.74) is 1.01. The van der Waals surface area contributed by atoms with Crippen molar-refractivity contribution < 1.29 is 31.8 Å². The summed E-state index contributed by atoms with van der Waals surface area (Å²) >= 11 is 0. The van der Waals surface area contributed by atoms with Gasteiger partial charge < -0.3 is 14.4 Å². The molecule has 1 saturated carbocycles. The molecule has 2 aliphatic rings. The molecule has 2 fully saturated rings. The molecule has 1 aliphatic carbocycles. The Morgan fingerprint density at radius 2 is 1.51 bits per heavy atom. The smallest absolute Gasteiger partial charge is 0.433 e. The van der Waals surface area contributed by atoms with Gasteiger partial charge in [0.2, 0.25) is 5.88 Å². The summed E-state index contributed by atoms with van der Waals surface area (Å²) in [6.45, 7) is 1.12. The lowest BCUT2D eigenvalue weighted by Crippen LogP contribution is -2.64. The van der Waals surface area contributed by atoms with Gasteiger partial charge in [0.25, 0.3) is 5.91 Å². The largest absolute Gasteiger partial charge is 0.489 e. The normalized spacial score (nSPS) is 15.6. The second kappa shape index (κ2) is 12.2. The lowest BCUT2D eigenvalue weighted by Gasteiger charge is -2.59. The second-order valence-electron chi connectivity index (χ2n) is 12.1. The zero-order valence-electron chi connectivity index (χ0n) is 25.2. The molecule has 2 aromatic heterocycles. The van der Waals surface area contributed by atoms with Crippen molar-refractivity contribution in [2.24, 2.45) is 5.41 Å². The maximum Gasteiger partial charge on any atom is 0.433 e. The van der Waals surface area contributed by atoms with E-state index in [0.717, 1.165) is 21.9 Å². The van der Waals surface area contributed by atoms with Crippen molar-refractivity contribution in [1.29, 1.82) is 0 Å². The van der Waals surface area contributed by atoms with Crippen LogP contribution in [-0.2, 0) is 19.4 Å². The van der Waals surface area contributed by atoms with Crippen molar-refractivity contribution in [3.63, 3.8) is 0 Å². The van der Waals surface area contributed by atoms with Crippen LogP contribution < -0.4 is 9.47 Å². The Bertz CT molecular complexity index is 1880. The molecule has 3 heterocycles. The summed E-state index contributed by atoms with van der Waals surface area (Å²) < 4.78 is 70.1. The van der Waals surface area contributed by atoms with Crippen molar-refractivity contribution in [2.45, 2.75) is 38.3 Å². The van der Waals surface area contributed by atoms with E-state index in [0.29, 0.717) is 37.2 Å². The van der Waals surface area contributed by atoms with Crippen LogP contribution in [0.15, 0.2) is 103 Å². The van der Waals surface area contributed by atoms with Crippen molar-refractivity contribution in [3.05, 3.63) is 131 Å². The SMILES string of the molecule is O=C(c1cc(OCc2ccccc2)ccc1F)N1CC2(CC(n3nc(-c4cccnc4OCc4ccccc4)cc3C(F)(F)F)C2)C1. The van der Waals surface area contributed by atoms with E-state index in [4.69, 9.17) is 9.47 Å². The highest BCUT2D eigenvalue weighted by Crippen LogP contribution is 2.55. The molecular weight excluding hydrogens is 612 g/mol. The molecular formula is C36H30F4N4O3.